The number of amides is 1. The largest absolute Gasteiger partial charge is 0.478 e. The van der Waals surface area contributed by atoms with Crippen molar-refractivity contribution in [2.45, 2.75) is 0 Å². The van der Waals surface area contributed by atoms with E-state index in [1.807, 2.05) is 0 Å². The molecule has 0 radical (unpaired) electrons. The first-order chi connectivity index (χ1) is 10.6. The van der Waals surface area contributed by atoms with Crippen LogP contribution in [-0.2, 0) is 4.79 Å². The zero-order valence-corrected chi connectivity index (χ0v) is 11.9. The van der Waals surface area contributed by atoms with Crippen LogP contribution < -0.4 is 10.7 Å². The van der Waals surface area contributed by atoms with Gasteiger partial charge in [-0.1, -0.05) is 23.7 Å². The minimum atomic E-state index is -1.07. The van der Waals surface area contributed by atoms with Crippen LogP contribution in [0.4, 0.5) is 11.4 Å². The average molecular weight is 316 g/mol. The Morgan fingerprint density at radius 2 is 2.00 bits per heavy atom. The molecular weight excluding hydrogens is 306 g/mol. The van der Waals surface area contributed by atoms with E-state index in [4.69, 9.17) is 16.7 Å². The lowest BCUT2D eigenvalue weighted by atomic mass is 10.1. The topological polar surface area (TPSA) is 90.8 Å². The molecule has 0 saturated heterocycles. The van der Waals surface area contributed by atoms with Crippen LogP contribution in [0.15, 0.2) is 47.6 Å². The van der Waals surface area contributed by atoms with E-state index in [-0.39, 0.29) is 11.3 Å². The Bertz CT molecular complexity index is 817. The van der Waals surface area contributed by atoms with E-state index in [2.05, 4.69) is 15.8 Å². The number of nitrogens with zero attached hydrogens (tertiary/aromatic N) is 1. The molecule has 7 heteroatoms. The molecule has 1 aliphatic heterocycles. The predicted octanol–water partition coefficient (Wildman–Crippen LogP) is 2.81. The van der Waals surface area contributed by atoms with Crippen LogP contribution in [0.5, 0.6) is 0 Å². The van der Waals surface area contributed by atoms with Crippen molar-refractivity contribution in [3.8, 4) is 0 Å². The minimum absolute atomic E-state index is 0.0840. The summed E-state index contributed by atoms with van der Waals surface area (Å²) >= 11 is 6.00. The molecule has 110 valence electrons. The molecule has 1 heterocycles. The summed E-state index contributed by atoms with van der Waals surface area (Å²) in [7, 11) is 0. The Kier molecular flexibility index (Phi) is 3.52. The van der Waals surface area contributed by atoms with Crippen LogP contribution in [0, 0.1) is 0 Å². The van der Waals surface area contributed by atoms with Crippen LogP contribution in [0.1, 0.15) is 15.9 Å². The van der Waals surface area contributed by atoms with E-state index in [0.29, 0.717) is 22.0 Å². The molecule has 0 unspecified atom stereocenters. The van der Waals surface area contributed by atoms with E-state index >= 15 is 0 Å². The van der Waals surface area contributed by atoms with Gasteiger partial charge in [-0.15, -0.1) is 0 Å². The molecule has 22 heavy (non-hydrogen) atoms. The van der Waals surface area contributed by atoms with Crippen LogP contribution in [0.25, 0.3) is 0 Å². The number of carboxylic acid groups (broad SMARTS) is 1. The van der Waals surface area contributed by atoms with Crippen molar-refractivity contribution in [2.24, 2.45) is 5.10 Å². The predicted molar refractivity (Wildman–Crippen MR) is 83.6 cm³/mol. The Morgan fingerprint density at radius 3 is 2.73 bits per heavy atom. The fraction of sp³-hybridized carbons (Fsp3) is 0. The average Bonchev–Trinajstić information content (AvgIpc) is 2.81. The van der Waals surface area contributed by atoms with E-state index in [1.54, 1.807) is 24.3 Å². The van der Waals surface area contributed by atoms with E-state index in [0.717, 1.165) is 0 Å². The summed E-state index contributed by atoms with van der Waals surface area (Å²) in [6.45, 7) is 0. The number of nitrogens with one attached hydrogen (secondary N) is 2. The third kappa shape index (κ3) is 2.51. The number of hydrogen-bond donors (Lipinski definition) is 3. The van der Waals surface area contributed by atoms with Gasteiger partial charge >= 0.3 is 5.97 Å². The summed E-state index contributed by atoms with van der Waals surface area (Å²) in [5, 5.41) is 16.2. The van der Waals surface area contributed by atoms with Gasteiger partial charge in [0.15, 0.2) is 5.71 Å². The molecule has 0 atom stereocenters. The van der Waals surface area contributed by atoms with E-state index in [9.17, 15) is 9.59 Å². The smallest absolute Gasteiger partial charge is 0.335 e. The molecule has 0 aromatic heterocycles. The van der Waals surface area contributed by atoms with Crippen molar-refractivity contribution in [3.05, 3.63) is 58.6 Å². The lowest BCUT2D eigenvalue weighted by Crippen LogP contribution is -2.16. The number of benzene rings is 2. The number of carbonyl (C=O) groups excluding carboxylic acids is 1. The SMILES string of the molecule is O=C1Nc2ccc(C(=O)O)cc2/C1=N/Nc1ccccc1Cl. The van der Waals surface area contributed by atoms with Crippen molar-refractivity contribution in [2.75, 3.05) is 10.7 Å². The molecule has 1 amide bonds. The van der Waals surface area contributed by atoms with Gasteiger partial charge in [-0.3, -0.25) is 10.2 Å². The van der Waals surface area contributed by atoms with Crippen molar-refractivity contribution in [1.29, 1.82) is 0 Å². The fourth-order valence-corrected chi connectivity index (χ4v) is 2.24. The number of rotatable bonds is 3. The maximum absolute atomic E-state index is 12.0. The lowest BCUT2D eigenvalue weighted by molar-refractivity contribution is -0.110. The van der Waals surface area contributed by atoms with Gasteiger partial charge in [0.25, 0.3) is 5.91 Å². The number of hydrogen-bond acceptors (Lipinski definition) is 4. The van der Waals surface area contributed by atoms with E-state index < -0.39 is 11.9 Å². The summed E-state index contributed by atoms with van der Waals surface area (Å²) < 4.78 is 0. The Morgan fingerprint density at radius 1 is 1.23 bits per heavy atom. The highest BCUT2D eigenvalue weighted by atomic mass is 35.5. The molecule has 0 fully saturated rings. The van der Waals surface area contributed by atoms with Crippen LogP contribution in [0.2, 0.25) is 5.02 Å². The van der Waals surface area contributed by atoms with Crippen LogP contribution in [-0.4, -0.2) is 22.7 Å². The first kappa shape index (κ1) is 14.1. The number of carboxylic acids is 1. The molecule has 0 aliphatic carbocycles. The molecule has 0 saturated carbocycles. The number of hydrazone groups is 1. The second-order valence-corrected chi connectivity index (χ2v) is 4.98. The van der Waals surface area contributed by atoms with Gasteiger partial charge in [-0.05, 0) is 30.3 Å². The standard InChI is InChI=1S/C15H10ClN3O3/c16-10-3-1-2-4-12(10)18-19-13-9-7-8(15(21)22)5-6-11(9)17-14(13)20/h1-7,18H,(H,21,22)(H,17,19,20). The number of para-hydroxylation sites is 1. The normalized spacial score (nSPS) is 14.6. The maximum atomic E-state index is 12.0. The second-order valence-electron chi connectivity index (χ2n) is 4.57. The lowest BCUT2D eigenvalue weighted by Gasteiger charge is -2.04. The number of halogens is 1. The molecule has 2 aromatic rings. The Hall–Kier alpha value is -2.86. The summed E-state index contributed by atoms with van der Waals surface area (Å²) in [6, 6.07) is 11.3. The minimum Gasteiger partial charge on any atom is -0.478 e. The molecule has 1 aliphatic rings. The zero-order valence-electron chi connectivity index (χ0n) is 11.1. The Balaban J connectivity index is 1.97. The van der Waals surface area contributed by atoms with Gasteiger partial charge in [0, 0.05) is 5.56 Å². The number of fused-ring (bicyclic) bond motifs is 1. The first-order valence-corrected chi connectivity index (χ1v) is 6.71. The van der Waals surface area contributed by atoms with Crippen LogP contribution >= 0.6 is 11.6 Å². The van der Waals surface area contributed by atoms with Gasteiger partial charge in [0.05, 0.1) is 22.0 Å². The summed E-state index contributed by atoms with van der Waals surface area (Å²) in [5.74, 6) is -1.47. The monoisotopic (exact) mass is 315 g/mol. The van der Waals surface area contributed by atoms with Crippen molar-refractivity contribution < 1.29 is 14.7 Å². The van der Waals surface area contributed by atoms with Crippen LogP contribution in [0.3, 0.4) is 0 Å². The van der Waals surface area contributed by atoms with Gasteiger partial charge < -0.3 is 10.4 Å². The molecule has 6 nitrogen and oxygen atoms in total. The van der Waals surface area contributed by atoms with Gasteiger partial charge in [-0.2, -0.15) is 5.10 Å². The fourth-order valence-electron chi connectivity index (χ4n) is 2.07. The quantitative estimate of drug-likeness (QED) is 0.760. The highest BCUT2D eigenvalue weighted by Crippen LogP contribution is 2.26. The Labute approximate surface area is 130 Å². The summed E-state index contributed by atoms with van der Waals surface area (Å²) in [4.78, 5) is 23.0. The summed E-state index contributed by atoms with van der Waals surface area (Å²) in [5.41, 5.74) is 4.42. The summed E-state index contributed by atoms with van der Waals surface area (Å²) in [6.07, 6.45) is 0. The second kappa shape index (κ2) is 5.50. The highest BCUT2D eigenvalue weighted by molar-refractivity contribution is 6.54. The third-order valence-electron chi connectivity index (χ3n) is 3.15. The first-order valence-electron chi connectivity index (χ1n) is 6.33. The number of carbonyl (C=O) groups is 2. The number of anilines is 2. The molecule has 2 aromatic carbocycles. The zero-order chi connectivity index (χ0) is 15.7. The van der Waals surface area contributed by atoms with Crippen molar-refractivity contribution >= 4 is 40.6 Å². The van der Waals surface area contributed by atoms with Gasteiger partial charge in [0.2, 0.25) is 0 Å². The third-order valence-corrected chi connectivity index (χ3v) is 3.48. The van der Waals surface area contributed by atoms with E-state index in [1.165, 1.54) is 18.2 Å². The van der Waals surface area contributed by atoms with Gasteiger partial charge in [-0.25, -0.2) is 4.79 Å². The molecule has 0 spiro atoms. The van der Waals surface area contributed by atoms with Crippen molar-refractivity contribution in [1.82, 2.24) is 0 Å². The molecule has 0 bridgehead atoms. The maximum Gasteiger partial charge on any atom is 0.335 e. The molecule has 3 N–H and O–H groups in total. The molecule has 3 rings (SSSR count). The molecular formula is C15H10ClN3O3. The van der Waals surface area contributed by atoms with Gasteiger partial charge in [0.1, 0.15) is 0 Å². The van der Waals surface area contributed by atoms with Crippen molar-refractivity contribution in [3.63, 3.8) is 0 Å². The highest BCUT2D eigenvalue weighted by Gasteiger charge is 2.27. The number of aromatic carboxylic acids is 1.